The lowest BCUT2D eigenvalue weighted by molar-refractivity contribution is 0.364. The Balaban J connectivity index is 0.000000173. The molecule has 2 aromatic carbocycles. The molecule has 0 N–H and O–H groups in total. The molecule has 1 atom stereocenters. The van der Waals surface area contributed by atoms with E-state index in [1.807, 2.05) is 48.5 Å². The Hall–Kier alpha value is -0.390. The summed E-state index contributed by atoms with van der Waals surface area (Å²) in [4.78, 5) is 2.08. The second-order valence-corrected chi connectivity index (χ2v) is 7.50. The molecule has 112 valence electrons. The van der Waals surface area contributed by atoms with Gasteiger partial charge in [0.15, 0.2) is 0 Å². The van der Waals surface area contributed by atoms with Gasteiger partial charge in [-0.25, -0.2) is 4.39 Å². The molecule has 0 unspecified atom stereocenters. The van der Waals surface area contributed by atoms with Crippen LogP contribution in [0.3, 0.4) is 0 Å². The van der Waals surface area contributed by atoms with Crippen molar-refractivity contribution < 1.29 is 4.39 Å². The third kappa shape index (κ3) is 5.72. The molecule has 0 bridgehead atoms. The van der Waals surface area contributed by atoms with Crippen molar-refractivity contribution in [1.82, 2.24) is 0 Å². The van der Waals surface area contributed by atoms with Crippen LogP contribution in [0.1, 0.15) is 6.42 Å². The summed E-state index contributed by atoms with van der Waals surface area (Å²) in [6, 6.07) is 16.0. The summed E-state index contributed by atoms with van der Waals surface area (Å²) < 4.78 is 16.2. The number of hydrogen-bond donors (Lipinski definition) is 0. The molecule has 2 aromatic rings. The summed E-state index contributed by atoms with van der Waals surface area (Å²) in [6.45, 7) is 1.37. The molecule has 21 heavy (non-hydrogen) atoms. The molecule has 1 aliphatic rings. The Morgan fingerprint density at radius 3 is 1.90 bits per heavy atom. The van der Waals surface area contributed by atoms with Crippen LogP contribution in [0.15, 0.2) is 61.9 Å². The zero-order chi connectivity index (χ0) is 15.2. The van der Waals surface area contributed by atoms with Crippen molar-refractivity contribution in [2.45, 2.75) is 12.6 Å². The van der Waals surface area contributed by atoms with E-state index in [0.29, 0.717) is 13.0 Å². The van der Waals surface area contributed by atoms with Gasteiger partial charge in [0.25, 0.3) is 0 Å². The van der Waals surface area contributed by atoms with Gasteiger partial charge in [-0.15, -0.1) is 0 Å². The largest absolute Gasteiger partial charge is 0.368 e. The standard InChI is InChI=1S/C10H11BrFN.C6H4Br2/c11-8-2-1-3-10(6-8)13-5-4-9(12)7-13;7-5-2-1-3-6(8)4-5/h1-3,6,9H,4-5,7H2;1-4H/t9-;/m0./s1. The van der Waals surface area contributed by atoms with Gasteiger partial charge < -0.3 is 4.90 Å². The predicted octanol–water partition coefficient (Wildman–Crippen LogP) is 6.21. The van der Waals surface area contributed by atoms with Crippen LogP contribution >= 0.6 is 47.8 Å². The maximum Gasteiger partial charge on any atom is 0.119 e. The van der Waals surface area contributed by atoms with Crippen LogP contribution in [0.2, 0.25) is 0 Å². The van der Waals surface area contributed by atoms with Gasteiger partial charge in [-0.2, -0.15) is 0 Å². The Kier molecular flexibility index (Phi) is 6.71. The zero-order valence-corrected chi connectivity index (χ0v) is 16.0. The SMILES string of the molecule is Brc1cccc(Br)c1.F[C@H]1CCN(c2cccc(Br)c2)C1. The second kappa shape index (κ2) is 8.30. The molecule has 0 aromatic heterocycles. The maximum absolute atomic E-state index is 12.9. The van der Waals surface area contributed by atoms with Crippen molar-refractivity contribution in [2.24, 2.45) is 0 Å². The van der Waals surface area contributed by atoms with Gasteiger partial charge in [0, 0.05) is 32.2 Å². The second-order valence-electron chi connectivity index (χ2n) is 4.75. The molecule has 0 aliphatic carbocycles. The van der Waals surface area contributed by atoms with Gasteiger partial charge >= 0.3 is 0 Å². The van der Waals surface area contributed by atoms with Crippen LogP contribution in [0, 0.1) is 0 Å². The Bertz CT molecular complexity index is 574. The molecule has 0 radical (unpaired) electrons. The highest BCUT2D eigenvalue weighted by molar-refractivity contribution is 9.11. The Labute approximate surface area is 149 Å². The van der Waals surface area contributed by atoms with Crippen LogP contribution in [-0.2, 0) is 0 Å². The number of anilines is 1. The fraction of sp³-hybridized carbons (Fsp3) is 0.250. The summed E-state index contributed by atoms with van der Waals surface area (Å²) in [6.07, 6.45) is 0.00552. The van der Waals surface area contributed by atoms with E-state index in [-0.39, 0.29) is 0 Å². The number of rotatable bonds is 1. The van der Waals surface area contributed by atoms with Crippen LogP contribution < -0.4 is 4.90 Å². The quantitative estimate of drug-likeness (QED) is 0.470. The lowest BCUT2D eigenvalue weighted by Gasteiger charge is -2.17. The maximum atomic E-state index is 12.9. The summed E-state index contributed by atoms with van der Waals surface area (Å²) >= 11 is 10.1. The molecular formula is C16H15Br3FN. The summed E-state index contributed by atoms with van der Waals surface area (Å²) in [7, 11) is 0. The molecule has 1 fully saturated rings. The third-order valence-electron chi connectivity index (χ3n) is 3.09. The van der Waals surface area contributed by atoms with Gasteiger partial charge in [-0.3, -0.25) is 0 Å². The van der Waals surface area contributed by atoms with Crippen LogP contribution in [-0.4, -0.2) is 19.3 Å². The lowest BCUT2D eigenvalue weighted by Crippen LogP contribution is -2.19. The van der Waals surface area contributed by atoms with Gasteiger partial charge in [-0.1, -0.05) is 59.9 Å². The van der Waals surface area contributed by atoms with Crippen molar-refractivity contribution in [3.63, 3.8) is 0 Å². The van der Waals surface area contributed by atoms with E-state index >= 15 is 0 Å². The fourth-order valence-electron chi connectivity index (χ4n) is 2.08. The minimum Gasteiger partial charge on any atom is -0.368 e. The minimum absolute atomic E-state index is 0.538. The molecule has 1 aliphatic heterocycles. The van der Waals surface area contributed by atoms with Gasteiger partial charge in [-0.05, 0) is 42.8 Å². The molecule has 0 saturated carbocycles. The van der Waals surface area contributed by atoms with Crippen LogP contribution in [0.4, 0.5) is 10.1 Å². The molecule has 0 amide bonds. The highest BCUT2D eigenvalue weighted by Crippen LogP contribution is 2.24. The number of hydrogen-bond acceptors (Lipinski definition) is 1. The van der Waals surface area contributed by atoms with Crippen molar-refractivity contribution in [2.75, 3.05) is 18.0 Å². The average Bonchev–Trinajstić information content (AvgIpc) is 2.86. The number of nitrogens with zero attached hydrogens (tertiary/aromatic N) is 1. The minimum atomic E-state index is -0.654. The van der Waals surface area contributed by atoms with Crippen LogP contribution in [0.25, 0.3) is 0 Å². The lowest BCUT2D eigenvalue weighted by atomic mass is 10.3. The number of benzene rings is 2. The topological polar surface area (TPSA) is 3.24 Å². The molecule has 1 heterocycles. The molecule has 1 nitrogen and oxygen atoms in total. The van der Waals surface area contributed by atoms with Gasteiger partial charge in [0.2, 0.25) is 0 Å². The molecule has 3 rings (SSSR count). The first-order chi connectivity index (χ1) is 10.0. The highest BCUT2D eigenvalue weighted by Gasteiger charge is 2.21. The molecular weight excluding hydrogens is 465 g/mol. The first-order valence-corrected chi connectivity index (χ1v) is 8.98. The van der Waals surface area contributed by atoms with E-state index in [4.69, 9.17) is 0 Å². The first kappa shape index (κ1) is 17.0. The fourth-order valence-corrected chi connectivity index (χ4v) is 3.58. The van der Waals surface area contributed by atoms with E-state index in [1.54, 1.807) is 0 Å². The normalized spacial score (nSPS) is 17.3. The van der Waals surface area contributed by atoms with E-state index < -0.39 is 6.17 Å². The molecule has 1 saturated heterocycles. The molecule has 0 spiro atoms. The van der Waals surface area contributed by atoms with E-state index in [9.17, 15) is 4.39 Å². The first-order valence-electron chi connectivity index (χ1n) is 6.60. The average molecular weight is 480 g/mol. The van der Waals surface area contributed by atoms with Crippen molar-refractivity contribution >= 4 is 53.5 Å². The van der Waals surface area contributed by atoms with Crippen LogP contribution in [0.5, 0.6) is 0 Å². The van der Waals surface area contributed by atoms with Crippen molar-refractivity contribution in [1.29, 1.82) is 0 Å². The van der Waals surface area contributed by atoms with E-state index in [2.05, 4.69) is 52.7 Å². The number of halogens is 4. The molecule has 5 heteroatoms. The van der Waals surface area contributed by atoms with E-state index in [0.717, 1.165) is 25.7 Å². The van der Waals surface area contributed by atoms with Crippen molar-refractivity contribution in [3.05, 3.63) is 61.9 Å². The Morgan fingerprint density at radius 2 is 1.48 bits per heavy atom. The third-order valence-corrected chi connectivity index (χ3v) is 4.57. The zero-order valence-electron chi connectivity index (χ0n) is 11.3. The van der Waals surface area contributed by atoms with Gasteiger partial charge in [0.1, 0.15) is 6.17 Å². The summed E-state index contributed by atoms with van der Waals surface area (Å²) in [5.41, 5.74) is 1.11. The van der Waals surface area contributed by atoms with E-state index in [1.165, 1.54) is 0 Å². The Morgan fingerprint density at radius 1 is 0.905 bits per heavy atom. The monoisotopic (exact) mass is 477 g/mol. The predicted molar refractivity (Wildman–Crippen MR) is 97.7 cm³/mol. The smallest absolute Gasteiger partial charge is 0.119 e. The summed E-state index contributed by atoms with van der Waals surface area (Å²) in [5, 5.41) is 0. The van der Waals surface area contributed by atoms with Gasteiger partial charge in [0.05, 0.1) is 0 Å². The number of alkyl halides is 1. The summed E-state index contributed by atoms with van der Waals surface area (Å²) in [5.74, 6) is 0. The van der Waals surface area contributed by atoms with Crippen molar-refractivity contribution in [3.8, 4) is 0 Å². The highest BCUT2D eigenvalue weighted by atomic mass is 79.9.